The van der Waals surface area contributed by atoms with Gasteiger partial charge in [0.2, 0.25) is 0 Å². The molecule has 0 aliphatic carbocycles. The highest BCUT2D eigenvalue weighted by molar-refractivity contribution is 5.70. The predicted molar refractivity (Wildman–Crippen MR) is 45.3 cm³/mol. The summed E-state index contributed by atoms with van der Waals surface area (Å²) >= 11 is 0. The summed E-state index contributed by atoms with van der Waals surface area (Å²) in [5.74, 6) is -1.15. The minimum atomic E-state index is -0.705. The van der Waals surface area contributed by atoms with E-state index in [0.29, 0.717) is 5.56 Å². The molecule has 14 heavy (non-hydrogen) atoms. The number of amides is 1. The Morgan fingerprint density at radius 3 is 3.00 bits per heavy atom. The van der Waals surface area contributed by atoms with E-state index >= 15 is 0 Å². The van der Waals surface area contributed by atoms with Crippen molar-refractivity contribution in [1.29, 1.82) is 0 Å². The van der Waals surface area contributed by atoms with E-state index in [-0.39, 0.29) is 6.61 Å². The number of cyclic esters (lactones) is 1. The third-order valence-corrected chi connectivity index (χ3v) is 2.07. The number of phenolic OH excluding ortho intramolecular Hbond substituents is 1. The quantitative estimate of drug-likeness (QED) is 0.713. The van der Waals surface area contributed by atoms with Crippen LogP contribution in [0.5, 0.6) is 5.75 Å². The van der Waals surface area contributed by atoms with E-state index in [0.717, 1.165) is 6.07 Å². The molecule has 1 atom stereocenters. The Hall–Kier alpha value is -1.78. The zero-order valence-electron chi connectivity index (χ0n) is 7.16. The summed E-state index contributed by atoms with van der Waals surface area (Å²) in [6, 6.07) is 3.68. The third-order valence-electron chi connectivity index (χ3n) is 2.07. The summed E-state index contributed by atoms with van der Waals surface area (Å²) in [6.45, 7) is 0.107. The number of phenols is 1. The monoisotopic (exact) mass is 197 g/mol. The Bertz CT molecular complexity index is 380. The Balaban J connectivity index is 2.32. The summed E-state index contributed by atoms with van der Waals surface area (Å²) in [7, 11) is 0. The number of aromatic hydroxyl groups is 1. The molecule has 4 nitrogen and oxygen atoms in total. The number of hydrogen-bond acceptors (Lipinski definition) is 3. The molecule has 0 bridgehead atoms. The first-order valence-electron chi connectivity index (χ1n) is 4.09. The first-order valence-corrected chi connectivity index (χ1v) is 4.09. The topological polar surface area (TPSA) is 58.6 Å². The SMILES string of the molecule is O=C1N[C@@H](c2cccc(F)c2O)CO1. The Labute approximate surface area is 79.3 Å². The van der Waals surface area contributed by atoms with Crippen molar-refractivity contribution in [2.75, 3.05) is 6.61 Å². The lowest BCUT2D eigenvalue weighted by Crippen LogP contribution is -2.18. The van der Waals surface area contributed by atoms with Crippen LogP contribution in [-0.2, 0) is 4.74 Å². The minimum Gasteiger partial charge on any atom is -0.505 e. The van der Waals surface area contributed by atoms with Crippen molar-refractivity contribution in [2.45, 2.75) is 6.04 Å². The highest BCUT2D eigenvalue weighted by atomic mass is 19.1. The number of alkyl carbamates (subject to hydrolysis) is 1. The third kappa shape index (κ3) is 1.37. The molecule has 1 heterocycles. The van der Waals surface area contributed by atoms with Gasteiger partial charge in [-0.2, -0.15) is 0 Å². The van der Waals surface area contributed by atoms with Crippen LogP contribution in [0.4, 0.5) is 9.18 Å². The van der Waals surface area contributed by atoms with Crippen LogP contribution in [0.1, 0.15) is 11.6 Å². The molecule has 1 amide bonds. The van der Waals surface area contributed by atoms with Crippen LogP contribution < -0.4 is 5.32 Å². The molecule has 1 aliphatic heterocycles. The van der Waals surface area contributed by atoms with Crippen LogP contribution in [0.25, 0.3) is 0 Å². The highest BCUT2D eigenvalue weighted by Gasteiger charge is 2.26. The van der Waals surface area contributed by atoms with E-state index in [9.17, 15) is 14.3 Å². The molecular formula is C9H8FNO3. The predicted octanol–water partition coefficient (Wildman–Crippen LogP) is 1.31. The summed E-state index contributed by atoms with van der Waals surface area (Å²) in [5.41, 5.74) is 0.329. The largest absolute Gasteiger partial charge is 0.505 e. The van der Waals surface area contributed by atoms with E-state index < -0.39 is 23.7 Å². The zero-order chi connectivity index (χ0) is 10.1. The lowest BCUT2D eigenvalue weighted by molar-refractivity contribution is 0.176. The standard InChI is InChI=1S/C9H8FNO3/c10-6-3-1-2-5(8(6)12)7-4-14-9(13)11-7/h1-3,7,12H,4H2,(H,11,13)/t7-/m1/s1. The van der Waals surface area contributed by atoms with Gasteiger partial charge in [0.05, 0.1) is 6.04 Å². The number of ether oxygens (including phenoxy) is 1. The van der Waals surface area contributed by atoms with Crippen molar-refractivity contribution >= 4 is 6.09 Å². The van der Waals surface area contributed by atoms with E-state index in [1.807, 2.05) is 0 Å². The molecule has 5 heteroatoms. The summed E-state index contributed by atoms with van der Waals surface area (Å²) in [4.78, 5) is 10.7. The molecule has 0 aromatic heterocycles. The van der Waals surface area contributed by atoms with Crippen LogP contribution in [0.3, 0.4) is 0 Å². The first-order chi connectivity index (χ1) is 6.68. The van der Waals surface area contributed by atoms with Crippen molar-refractivity contribution < 1.29 is 19.0 Å². The first kappa shape index (κ1) is 8.80. The number of nitrogens with one attached hydrogen (secondary N) is 1. The van der Waals surface area contributed by atoms with Gasteiger partial charge in [-0.1, -0.05) is 12.1 Å². The van der Waals surface area contributed by atoms with Crippen LogP contribution in [0.2, 0.25) is 0 Å². The molecule has 2 rings (SSSR count). The number of rotatable bonds is 1. The maximum atomic E-state index is 12.9. The van der Waals surface area contributed by atoms with E-state index in [2.05, 4.69) is 10.1 Å². The maximum absolute atomic E-state index is 12.9. The van der Waals surface area contributed by atoms with Gasteiger partial charge in [-0.3, -0.25) is 0 Å². The summed E-state index contributed by atoms with van der Waals surface area (Å²) in [5, 5.41) is 11.8. The van der Waals surface area contributed by atoms with Gasteiger partial charge < -0.3 is 15.2 Å². The molecule has 2 N–H and O–H groups in total. The second kappa shape index (κ2) is 3.17. The van der Waals surface area contributed by atoms with Crippen molar-refractivity contribution in [3.8, 4) is 5.75 Å². The van der Waals surface area contributed by atoms with Crippen molar-refractivity contribution in [2.24, 2.45) is 0 Å². The maximum Gasteiger partial charge on any atom is 0.407 e. The second-order valence-electron chi connectivity index (χ2n) is 2.97. The molecular weight excluding hydrogens is 189 g/mol. The van der Waals surface area contributed by atoms with Gasteiger partial charge >= 0.3 is 6.09 Å². The van der Waals surface area contributed by atoms with Gasteiger partial charge in [-0.05, 0) is 6.07 Å². The Morgan fingerprint density at radius 2 is 2.36 bits per heavy atom. The fourth-order valence-corrected chi connectivity index (χ4v) is 1.37. The number of benzene rings is 1. The van der Waals surface area contributed by atoms with Crippen LogP contribution in [0.15, 0.2) is 18.2 Å². The van der Waals surface area contributed by atoms with Crippen LogP contribution in [-0.4, -0.2) is 17.8 Å². The van der Waals surface area contributed by atoms with Gasteiger partial charge in [0.15, 0.2) is 11.6 Å². The van der Waals surface area contributed by atoms with Gasteiger partial charge in [0, 0.05) is 5.56 Å². The highest BCUT2D eigenvalue weighted by Crippen LogP contribution is 2.28. The average molecular weight is 197 g/mol. The zero-order valence-corrected chi connectivity index (χ0v) is 7.16. The lowest BCUT2D eigenvalue weighted by atomic mass is 10.1. The molecule has 1 aromatic rings. The smallest absolute Gasteiger partial charge is 0.407 e. The normalized spacial score (nSPS) is 20.4. The minimum absolute atomic E-state index is 0.107. The number of para-hydroxylation sites is 1. The molecule has 0 spiro atoms. The Morgan fingerprint density at radius 1 is 1.57 bits per heavy atom. The molecule has 1 saturated heterocycles. The molecule has 74 valence electrons. The molecule has 0 unspecified atom stereocenters. The lowest BCUT2D eigenvalue weighted by Gasteiger charge is -2.09. The molecule has 1 aromatic carbocycles. The molecule has 1 fully saturated rings. The van der Waals surface area contributed by atoms with E-state index in [4.69, 9.17) is 0 Å². The van der Waals surface area contributed by atoms with Crippen molar-refractivity contribution in [3.63, 3.8) is 0 Å². The van der Waals surface area contributed by atoms with E-state index in [1.165, 1.54) is 12.1 Å². The van der Waals surface area contributed by atoms with Crippen molar-refractivity contribution in [1.82, 2.24) is 5.32 Å². The van der Waals surface area contributed by atoms with Gasteiger partial charge in [0.1, 0.15) is 6.61 Å². The number of carbonyl (C=O) groups is 1. The van der Waals surface area contributed by atoms with Gasteiger partial charge in [-0.15, -0.1) is 0 Å². The molecule has 0 saturated carbocycles. The Kier molecular flexibility index (Phi) is 1.99. The fraction of sp³-hybridized carbons (Fsp3) is 0.222. The second-order valence-corrected chi connectivity index (χ2v) is 2.97. The van der Waals surface area contributed by atoms with Crippen LogP contribution >= 0.6 is 0 Å². The van der Waals surface area contributed by atoms with E-state index in [1.54, 1.807) is 0 Å². The summed E-state index contributed by atoms with van der Waals surface area (Å²) in [6.07, 6.45) is -0.557. The fourth-order valence-electron chi connectivity index (χ4n) is 1.37. The van der Waals surface area contributed by atoms with Crippen LogP contribution in [0, 0.1) is 5.82 Å². The molecule has 1 aliphatic rings. The number of carbonyl (C=O) groups excluding carboxylic acids is 1. The number of hydrogen-bond donors (Lipinski definition) is 2. The van der Waals surface area contributed by atoms with Gasteiger partial charge in [-0.25, -0.2) is 9.18 Å². The summed E-state index contributed by atoms with van der Waals surface area (Å²) < 4.78 is 17.6. The average Bonchev–Trinajstić information content (AvgIpc) is 2.57. The van der Waals surface area contributed by atoms with Crippen molar-refractivity contribution in [3.05, 3.63) is 29.6 Å². The van der Waals surface area contributed by atoms with Gasteiger partial charge in [0.25, 0.3) is 0 Å². The number of halogens is 1. The molecule has 0 radical (unpaired) electrons.